The minimum absolute atomic E-state index is 0.365. The number of carbonyl (C=O) groups excluding carboxylic acids is 1. The van der Waals surface area contributed by atoms with Crippen molar-refractivity contribution >= 4 is 38.1 Å². The zero-order chi connectivity index (χ0) is 9.84. The van der Waals surface area contributed by atoms with Gasteiger partial charge in [0.15, 0.2) is 6.29 Å². The molecule has 13 heavy (non-hydrogen) atoms. The summed E-state index contributed by atoms with van der Waals surface area (Å²) in [6.07, 6.45) is 0.488. The van der Waals surface area contributed by atoms with Crippen LogP contribution in [0.1, 0.15) is 5.56 Å². The second-order valence-electron chi connectivity index (χ2n) is 2.13. The summed E-state index contributed by atoms with van der Waals surface area (Å²) in [7, 11) is 0. The van der Waals surface area contributed by atoms with Crippen LogP contribution in [0.3, 0.4) is 0 Å². The molecule has 0 aliphatic heterocycles. The maximum Gasteiger partial charge on any atom is 0.193 e. The first-order valence-electron chi connectivity index (χ1n) is 3.25. The molecule has 0 fully saturated rings. The number of carbonyl (C=O) groups is 1. The summed E-state index contributed by atoms with van der Waals surface area (Å²) in [5.74, 6) is 4.47. The van der Waals surface area contributed by atoms with Gasteiger partial charge in [0.1, 0.15) is 5.82 Å². The molecule has 0 N–H and O–H groups in total. The van der Waals surface area contributed by atoms with E-state index in [1.165, 1.54) is 12.1 Å². The topological polar surface area (TPSA) is 17.1 Å². The molecule has 66 valence electrons. The van der Waals surface area contributed by atoms with Crippen LogP contribution in [0.2, 0.25) is 0 Å². The Labute approximate surface area is 91.6 Å². The second kappa shape index (κ2) is 4.54. The third-order valence-electron chi connectivity index (χ3n) is 1.26. The van der Waals surface area contributed by atoms with Crippen molar-refractivity contribution in [2.45, 2.75) is 0 Å². The van der Waals surface area contributed by atoms with E-state index in [4.69, 9.17) is 0 Å². The Morgan fingerprint density at radius 3 is 2.31 bits per heavy atom. The monoisotopic (exact) mass is 304 g/mol. The van der Waals surface area contributed by atoms with Crippen molar-refractivity contribution in [1.82, 2.24) is 0 Å². The maximum absolute atomic E-state index is 12.8. The predicted octanol–water partition coefficient (Wildman–Crippen LogP) is 2.90. The number of hydrogen-bond donors (Lipinski definition) is 0. The van der Waals surface area contributed by atoms with Gasteiger partial charge >= 0.3 is 0 Å². The zero-order valence-corrected chi connectivity index (χ0v) is 9.45. The first-order valence-corrected chi connectivity index (χ1v) is 4.83. The van der Waals surface area contributed by atoms with Gasteiger partial charge in [-0.3, -0.25) is 4.79 Å². The molecular weight excluding hydrogens is 303 g/mol. The molecule has 0 atom stereocenters. The SMILES string of the molecule is O=CC#Cc1c(Br)cc(F)cc1Br. The lowest BCUT2D eigenvalue weighted by Gasteiger charge is -1.99. The fraction of sp³-hybridized carbons (Fsp3) is 0. The summed E-state index contributed by atoms with van der Waals surface area (Å²) in [5, 5.41) is 0. The average Bonchev–Trinajstić information content (AvgIpc) is 2.02. The third-order valence-corrected chi connectivity index (χ3v) is 2.51. The van der Waals surface area contributed by atoms with Crippen LogP contribution in [0.25, 0.3) is 0 Å². The highest BCUT2D eigenvalue weighted by molar-refractivity contribution is 9.11. The van der Waals surface area contributed by atoms with E-state index in [0.717, 1.165) is 0 Å². The van der Waals surface area contributed by atoms with E-state index in [-0.39, 0.29) is 5.82 Å². The number of benzene rings is 1. The molecule has 0 saturated heterocycles. The van der Waals surface area contributed by atoms with E-state index in [1.54, 1.807) is 0 Å². The van der Waals surface area contributed by atoms with Crippen LogP contribution in [0.4, 0.5) is 4.39 Å². The summed E-state index contributed by atoms with van der Waals surface area (Å²) in [6, 6.07) is 2.58. The van der Waals surface area contributed by atoms with Crippen LogP contribution in [0.5, 0.6) is 0 Å². The van der Waals surface area contributed by atoms with E-state index in [1.807, 2.05) is 0 Å². The Morgan fingerprint density at radius 1 is 1.31 bits per heavy atom. The second-order valence-corrected chi connectivity index (χ2v) is 3.84. The third kappa shape index (κ3) is 2.64. The quantitative estimate of drug-likeness (QED) is 0.532. The van der Waals surface area contributed by atoms with E-state index in [0.29, 0.717) is 20.8 Å². The minimum Gasteiger partial charge on any atom is -0.289 e. The number of halogens is 3. The molecule has 1 aromatic carbocycles. The van der Waals surface area contributed by atoms with E-state index in [9.17, 15) is 9.18 Å². The van der Waals surface area contributed by atoms with Gasteiger partial charge in [0.2, 0.25) is 0 Å². The molecule has 0 aliphatic rings. The summed E-state index contributed by atoms with van der Waals surface area (Å²) >= 11 is 6.28. The summed E-state index contributed by atoms with van der Waals surface area (Å²) in [5.41, 5.74) is 0.563. The Bertz CT molecular complexity index is 381. The zero-order valence-electron chi connectivity index (χ0n) is 6.27. The van der Waals surface area contributed by atoms with Crippen LogP contribution >= 0.6 is 31.9 Å². The van der Waals surface area contributed by atoms with Crippen molar-refractivity contribution in [3.63, 3.8) is 0 Å². The number of hydrogen-bond acceptors (Lipinski definition) is 1. The smallest absolute Gasteiger partial charge is 0.193 e. The molecule has 0 aromatic heterocycles. The predicted molar refractivity (Wildman–Crippen MR) is 54.7 cm³/mol. The molecule has 4 heteroatoms. The van der Waals surface area contributed by atoms with Crippen LogP contribution < -0.4 is 0 Å². The summed E-state index contributed by atoms with van der Waals surface area (Å²) in [6.45, 7) is 0. The van der Waals surface area contributed by atoms with Gasteiger partial charge in [0.25, 0.3) is 0 Å². The molecule has 0 spiro atoms. The Hall–Kier alpha value is -0.660. The van der Waals surface area contributed by atoms with Crippen molar-refractivity contribution < 1.29 is 9.18 Å². The molecule has 0 radical (unpaired) electrons. The van der Waals surface area contributed by atoms with Crippen molar-refractivity contribution in [3.05, 3.63) is 32.5 Å². The molecule has 1 nitrogen and oxygen atoms in total. The van der Waals surface area contributed by atoms with E-state index >= 15 is 0 Å². The highest BCUT2D eigenvalue weighted by Crippen LogP contribution is 2.25. The van der Waals surface area contributed by atoms with Gasteiger partial charge in [-0.25, -0.2) is 4.39 Å². The van der Waals surface area contributed by atoms with E-state index in [2.05, 4.69) is 43.7 Å². The Kier molecular flexibility index (Phi) is 3.64. The standard InChI is InChI=1S/C9H3Br2FO/c10-8-4-6(12)5-9(11)7(8)2-1-3-13/h3-5H. The molecule has 0 bridgehead atoms. The Balaban J connectivity index is 3.28. The molecule has 0 saturated carbocycles. The van der Waals surface area contributed by atoms with Crippen molar-refractivity contribution in [1.29, 1.82) is 0 Å². The highest BCUT2D eigenvalue weighted by Gasteiger charge is 2.04. The summed E-state index contributed by atoms with van der Waals surface area (Å²) in [4.78, 5) is 9.99. The van der Waals surface area contributed by atoms with Gasteiger partial charge in [-0.1, -0.05) is 5.92 Å². The van der Waals surface area contributed by atoms with Gasteiger partial charge in [0.05, 0.1) is 5.56 Å². The fourth-order valence-corrected chi connectivity index (χ4v) is 2.09. The van der Waals surface area contributed by atoms with Crippen molar-refractivity contribution in [2.24, 2.45) is 0 Å². The van der Waals surface area contributed by atoms with E-state index < -0.39 is 0 Å². The summed E-state index contributed by atoms with van der Waals surface area (Å²) < 4.78 is 13.8. The largest absolute Gasteiger partial charge is 0.289 e. The van der Waals surface area contributed by atoms with Gasteiger partial charge in [-0.15, -0.1) is 0 Å². The lowest BCUT2D eigenvalue weighted by Crippen LogP contribution is -1.83. The van der Waals surface area contributed by atoms with Crippen LogP contribution in [0.15, 0.2) is 21.1 Å². The lowest BCUT2D eigenvalue weighted by molar-refractivity contribution is -0.103. The van der Waals surface area contributed by atoms with Crippen LogP contribution in [0, 0.1) is 17.7 Å². The fourth-order valence-electron chi connectivity index (χ4n) is 0.763. The lowest BCUT2D eigenvalue weighted by atomic mass is 10.2. The first-order chi connectivity index (χ1) is 6.15. The van der Waals surface area contributed by atoms with Crippen molar-refractivity contribution in [3.8, 4) is 11.8 Å². The van der Waals surface area contributed by atoms with Crippen LogP contribution in [-0.4, -0.2) is 6.29 Å². The molecule has 1 rings (SSSR count). The molecule has 0 heterocycles. The van der Waals surface area contributed by atoms with Gasteiger partial charge in [-0.2, -0.15) is 0 Å². The van der Waals surface area contributed by atoms with Crippen LogP contribution in [-0.2, 0) is 4.79 Å². The van der Waals surface area contributed by atoms with Gasteiger partial charge in [0, 0.05) is 8.95 Å². The van der Waals surface area contributed by atoms with Gasteiger partial charge in [-0.05, 0) is 49.9 Å². The number of aldehydes is 1. The maximum atomic E-state index is 12.8. The minimum atomic E-state index is -0.365. The average molecular weight is 306 g/mol. The molecule has 0 unspecified atom stereocenters. The number of rotatable bonds is 0. The van der Waals surface area contributed by atoms with Gasteiger partial charge < -0.3 is 0 Å². The molecule has 0 amide bonds. The van der Waals surface area contributed by atoms with Crippen molar-refractivity contribution in [2.75, 3.05) is 0 Å². The molecular formula is C9H3Br2FO. The first kappa shape index (κ1) is 10.4. The Morgan fingerprint density at radius 2 is 1.85 bits per heavy atom. The highest BCUT2D eigenvalue weighted by atomic mass is 79.9. The normalized spacial score (nSPS) is 8.85. The molecule has 1 aromatic rings. The molecule has 0 aliphatic carbocycles.